The van der Waals surface area contributed by atoms with Crippen molar-refractivity contribution in [3.8, 4) is 5.75 Å². The molecule has 1 aliphatic rings. The van der Waals surface area contributed by atoms with Gasteiger partial charge in [0.05, 0.1) is 0 Å². The molecule has 2 atom stereocenters. The maximum absolute atomic E-state index is 13.4. The molecule has 1 N–H and O–H groups in total. The van der Waals surface area contributed by atoms with Gasteiger partial charge in [-0.1, -0.05) is 36.7 Å². The van der Waals surface area contributed by atoms with E-state index in [0.717, 1.165) is 0 Å². The number of rotatable bonds is 3. The van der Waals surface area contributed by atoms with Crippen molar-refractivity contribution < 1.29 is 14.3 Å². The first-order chi connectivity index (χ1) is 13.2. The number of amides is 2. The minimum absolute atomic E-state index is 0.255. The van der Waals surface area contributed by atoms with Crippen molar-refractivity contribution in [3.05, 3.63) is 59.1 Å². The first-order valence-corrected chi connectivity index (χ1v) is 9.75. The third kappa shape index (κ3) is 4.14. The molecule has 0 spiro atoms. The Bertz CT molecular complexity index is 877. The molecule has 2 aromatic rings. The van der Waals surface area contributed by atoms with Crippen molar-refractivity contribution in [2.45, 2.75) is 51.8 Å². The number of hydrogen-bond acceptors (Lipinski definition) is 3. The van der Waals surface area contributed by atoms with Gasteiger partial charge in [0.25, 0.3) is 5.91 Å². The summed E-state index contributed by atoms with van der Waals surface area (Å²) in [5.74, 6) is -0.0410. The molecule has 0 radical (unpaired) electrons. The summed E-state index contributed by atoms with van der Waals surface area (Å²) in [4.78, 5) is 28.3. The van der Waals surface area contributed by atoms with Gasteiger partial charge in [0.15, 0.2) is 6.10 Å². The van der Waals surface area contributed by atoms with Gasteiger partial charge >= 0.3 is 0 Å². The van der Waals surface area contributed by atoms with Crippen LogP contribution in [0.3, 0.4) is 0 Å². The Balaban J connectivity index is 2.22. The highest BCUT2D eigenvalue weighted by molar-refractivity contribution is 6.30. The average molecular weight is 401 g/mol. The van der Waals surface area contributed by atoms with Crippen LogP contribution >= 0.6 is 11.6 Å². The van der Waals surface area contributed by atoms with Crippen LogP contribution in [0.5, 0.6) is 5.75 Å². The topological polar surface area (TPSA) is 58.6 Å². The molecule has 1 heterocycles. The number of fused-ring (bicyclic) bond motifs is 1. The predicted octanol–water partition coefficient (Wildman–Crippen LogP) is 4.50. The molecular formula is C22H25ClN2O3. The van der Waals surface area contributed by atoms with Crippen LogP contribution in [-0.4, -0.2) is 23.5 Å². The smallest absolute Gasteiger partial charge is 0.269 e. The molecule has 2 unspecified atom stereocenters. The summed E-state index contributed by atoms with van der Waals surface area (Å²) in [5, 5.41) is 3.48. The van der Waals surface area contributed by atoms with Crippen LogP contribution in [0, 0.1) is 0 Å². The molecule has 0 fully saturated rings. The first kappa shape index (κ1) is 20.2. The molecule has 0 saturated carbocycles. The lowest BCUT2D eigenvalue weighted by Gasteiger charge is -2.33. The van der Waals surface area contributed by atoms with E-state index >= 15 is 0 Å². The number of carbonyl (C=O) groups excluding carboxylic acids is 2. The van der Waals surface area contributed by atoms with Gasteiger partial charge in [0.1, 0.15) is 11.8 Å². The molecule has 0 bridgehead atoms. The fraction of sp³-hybridized carbons (Fsp3) is 0.364. The zero-order chi connectivity index (χ0) is 20.5. The fourth-order valence-corrected chi connectivity index (χ4v) is 3.47. The Labute approximate surface area is 170 Å². The van der Waals surface area contributed by atoms with Crippen LogP contribution in [-0.2, 0) is 9.59 Å². The molecule has 0 aliphatic carbocycles. The van der Waals surface area contributed by atoms with Gasteiger partial charge < -0.3 is 10.1 Å². The van der Waals surface area contributed by atoms with Gasteiger partial charge in [-0.3, -0.25) is 14.5 Å². The zero-order valence-corrected chi connectivity index (χ0v) is 17.3. The van der Waals surface area contributed by atoms with E-state index in [9.17, 15) is 9.59 Å². The quantitative estimate of drug-likeness (QED) is 0.825. The summed E-state index contributed by atoms with van der Waals surface area (Å²) >= 11 is 6.24. The lowest BCUT2D eigenvalue weighted by atomic mass is 10.00. The van der Waals surface area contributed by atoms with Gasteiger partial charge in [-0.05, 0) is 57.5 Å². The van der Waals surface area contributed by atoms with Crippen LogP contribution in [0.15, 0.2) is 48.5 Å². The largest absolute Gasteiger partial charge is 0.480 e. The van der Waals surface area contributed by atoms with Crippen LogP contribution in [0.4, 0.5) is 5.69 Å². The van der Waals surface area contributed by atoms with Gasteiger partial charge in [0, 0.05) is 21.8 Å². The highest BCUT2D eigenvalue weighted by Gasteiger charge is 2.42. The minimum Gasteiger partial charge on any atom is -0.480 e. The van der Waals surface area contributed by atoms with Gasteiger partial charge in [-0.2, -0.15) is 0 Å². The maximum Gasteiger partial charge on any atom is 0.269 e. The zero-order valence-electron chi connectivity index (χ0n) is 16.5. The van der Waals surface area contributed by atoms with Gasteiger partial charge in [-0.15, -0.1) is 0 Å². The summed E-state index contributed by atoms with van der Waals surface area (Å²) in [6.45, 7) is 7.60. The van der Waals surface area contributed by atoms with Gasteiger partial charge in [-0.25, -0.2) is 0 Å². The highest BCUT2D eigenvalue weighted by atomic mass is 35.5. The summed E-state index contributed by atoms with van der Waals surface area (Å²) in [6.07, 6.45) is -0.203. The lowest BCUT2D eigenvalue weighted by molar-refractivity contribution is -0.130. The number of ether oxygens (including phenoxy) is 1. The second-order valence-electron chi connectivity index (χ2n) is 7.88. The highest BCUT2D eigenvalue weighted by Crippen LogP contribution is 2.39. The number of anilines is 1. The fourth-order valence-electron chi connectivity index (χ4n) is 3.28. The number of nitrogens with zero attached hydrogens (tertiary/aromatic N) is 1. The number of carbonyl (C=O) groups is 2. The van der Waals surface area contributed by atoms with Gasteiger partial charge in [0.2, 0.25) is 5.91 Å². The molecular weight excluding hydrogens is 376 g/mol. The van der Waals surface area contributed by atoms with Crippen molar-refractivity contribution in [1.29, 1.82) is 0 Å². The van der Waals surface area contributed by atoms with E-state index in [0.29, 0.717) is 28.4 Å². The normalized spacial score (nSPS) is 19.5. The van der Waals surface area contributed by atoms with Crippen molar-refractivity contribution in [2.75, 3.05) is 4.90 Å². The van der Waals surface area contributed by atoms with Crippen molar-refractivity contribution in [3.63, 3.8) is 0 Å². The molecule has 5 nitrogen and oxygen atoms in total. The third-order valence-corrected chi connectivity index (χ3v) is 4.69. The van der Waals surface area contributed by atoms with Crippen molar-refractivity contribution >= 4 is 29.1 Å². The Morgan fingerprint density at radius 1 is 1.18 bits per heavy atom. The number of benzene rings is 2. The van der Waals surface area contributed by atoms with E-state index in [4.69, 9.17) is 16.3 Å². The van der Waals surface area contributed by atoms with E-state index in [2.05, 4.69) is 5.32 Å². The molecule has 0 saturated heterocycles. The SMILES string of the molecule is CCC1Oc2ccc(Cl)cc2C(C(=O)NC(C)(C)C)N(c2ccccc2)C1=O. The summed E-state index contributed by atoms with van der Waals surface area (Å²) in [6, 6.07) is 13.4. The Morgan fingerprint density at radius 2 is 1.86 bits per heavy atom. The molecule has 1 aliphatic heterocycles. The second-order valence-corrected chi connectivity index (χ2v) is 8.32. The molecule has 2 amide bonds. The number of nitrogens with one attached hydrogen (secondary N) is 1. The number of halogens is 1. The Hall–Kier alpha value is -2.53. The van der Waals surface area contributed by atoms with Crippen LogP contribution < -0.4 is 15.0 Å². The molecule has 148 valence electrons. The van der Waals surface area contributed by atoms with E-state index < -0.39 is 17.7 Å². The molecule has 6 heteroatoms. The number of para-hydroxylation sites is 1. The van der Waals surface area contributed by atoms with Crippen molar-refractivity contribution in [2.24, 2.45) is 0 Å². The molecule has 28 heavy (non-hydrogen) atoms. The molecule has 3 rings (SSSR count). The lowest BCUT2D eigenvalue weighted by Crippen LogP contribution is -2.50. The monoisotopic (exact) mass is 400 g/mol. The molecule has 2 aromatic carbocycles. The maximum atomic E-state index is 13.4. The van der Waals surface area contributed by atoms with Crippen LogP contribution in [0.1, 0.15) is 45.7 Å². The summed E-state index contributed by atoms with van der Waals surface area (Å²) < 4.78 is 6.01. The Morgan fingerprint density at radius 3 is 2.46 bits per heavy atom. The Kier molecular flexibility index (Phi) is 5.66. The van der Waals surface area contributed by atoms with E-state index in [1.807, 2.05) is 58.0 Å². The summed E-state index contributed by atoms with van der Waals surface area (Å²) in [7, 11) is 0. The minimum atomic E-state index is -0.889. The number of hydrogen-bond donors (Lipinski definition) is 1. The van der Waals surface area contributed by atoms with Crippen LogP contribution in [0.2, 0.25) is 5.02 Å². The third-order valence-electron chi connectivity index (χ3n) is 4.46. The predicted molar refractivity (Wildman–Crippen MR) is 111 cm³/mol. The van der Waals surface area contributed by atoms with Crippen LogP contribution in [0.25, 0.3) is 0 Å². The average Bonchev–Trinajstić information content (AvgIpc) is 2.75. The molecule has 0 aromatic heterocycles. The first-order valence-electron chi connectivity index (χ1n) is 9.37. The van der Waals surface area contributed by atoms with E-state index in [-0.39, 0.29) is 11.8 Å². The standard InChI is InChI=1S/C22H25ClN2O3/c1-5-17-21(27)25(15-9-7-6-8-10-15)19(20(26)24-22(2,3)4)16-13-14(23)11-12-18(16)28-17/h6-13,17,19H,5H2,1-4H3,(H,24,26). The summed E-state index contributed by atoms with van der Waals surface area (Å²) in [5.41, 5.74) is 0.747. The second kappa shape index (κ2) is 7.84. The van der Waals surface area contributed by atoms with Crippen molar-refractivity contribution in [1.82, 2.24) is 5.32 Å². The van der Waals surface area contributed by atoms with E-state index in [1.54, 1.807) is 18.2 Å². The van der Waals surface area contributed by atoms with E-state index in [1.165, 1.54) is 4.90 Å².